The standard InChI is InChI=1S/C26H31F3/c1-3-5-6-17-9-12-21-15-22(25(28)26(29)23(21)24(17)27)20-11-10-18-13-16(4-2)7-8-19(18)14-20/h3,9,12,15-16,18-20H,1,4-8,10-11,13-14H2,2H3. The van der Waals surface area contributed by atoms with Gasteiger partial charge in [-0.05, 0) is 91.2 Å². The van der Waals surface area contributed by atoms with Crippen LogP contribution in [0.5, 0.6) is 0 Å². The van der Waals surface area contributed by atoms with Crippen molar-refractivity contribution in [2.24, 2.45) is 17.8 Å². The zero-order valence-corrected chi connectivity index (χ0v) is 17.3. The highest BCUT2D eigenvalue weighted by Gasteiger charge is 2.36. The topological polar surface area (TPSA) is 0 Å². The summed E-state index contributed by atoms with van der Waals surface area (Å²) in [6.07, 6.45) is 10.7. The Kier molecular flexibility index (Phi) is 6.03. The molecule has 2 aliphatic rings. The van der Waals surface area contributed by atoms with Crippen molar-refractivity contribution in [1.82, 2.24) is 0 Å². The first kappa shape index (κ1) is 20.5. The number of benzene rings is 2. The van der Waals surface area contributed by atoms with Crippen molar-refractivity contribution < 1.29 is 13.2 Å². The summed E-state index contributed by atoms with van der Waals surface area (Å²) in [6.45, 7) is 5.91. The molecule has 156 valence electrons. The molecule has 0 aliphatic heterocycles. The monoisotopic (exact) mass is 400 g/mol. The summed E-state index contributed by atoms with van der Waals surface area (Å²) >= 11 is 0. The molecule has 4 atom stereocenters. The maximum atomic E-state index is 15.1. The van der Waals surface area contributed by atoms with Gasteiger partial charge in [-0.2, -0.15) is 0 Å². The lowest BCUT2D eigenvalue weighted by molar-refractivity contribution is 0.115. The zero-order valence-electron chi connectivity index (χ0n) is 17.3. The van der Waals surface area contributed by atoms with Crippen LogP contribution >= 0.6 is 0 Å². The Labute approximate surface area is 172 Å². The van der Waals surface area contributed by atoms with E-state index in [9.17, 15) is 8.78 Å². The van der Waals surface area contributed by atoms with Crippen LogP contribution < -0.4 is 0 Å². The van der Waals surface area contributed by atoms with Gasteiger partial charge in [-0.15, -0.1) is 6.58 Å². The molecule has 4 unspecified atom stereocenters. The van der Waals surface area contributed by atoms with E-state index in [0.717, 1.165) is 31.1 Å². The number of allylic oxidation sites excluding steroid dienone is 1. The van der Waals surface area contributed by atoms with Crippen LogP contribution in [-0.4, -0.2) is 0 Å². The lowest BCUT2D eigenvalue weighted by atomic mass is 9.63. The number of aryl methyl sites for hydroxylation is 1. The first-order valence-corrected chi connectivity index (χ1v) is 11.2. The Morgan fingerprint density at radius 1 is 0.966 bits per heavy atom. The maximum Gasteiger partial charge on any atom is 0.169 e. The van der Waals surface area contributed by atoms with Gasteiger partial charge in [0, 0.05) is 0 Å². The summed E-state index contributed by atoms with van der Waals surface area (Å²) < 4.78 is 44.9. The summed E-state index contributed by atoms with van der Waals surface area (Å²) in [7, 11) is 0. The Bertz CT molecular complexity index is 901. The molecular weight excluding hydrogens is 369 g/mol. The van der Waals surface area contributed by atoms with E-state index in [4.69, 9.17) is 0 Å². The zero-order chi connectivity index (χ0) is 20.5. The number of hydrogen-bond acceptors (Lipinski definition) is 0. The van der Waals surface area contributed by atoms with Gasteiger partial charge in [-0.1, -0.05) is 38.0 Å². The van der Waals surface area contributed by atoms with E-state index in [-0.39, 0.29) is 11.3 Å². The quantitative estimate of drug-likeness (QED) is 0.445. The Balaban J connectivity index is 1.63. The molecular formula is C26H31F3. The Morgan fingerprint density at radius 2 is 1.72 bits per heavy atom. The van der Waals surface area contributed by atoms with Gasteiger partial charge in [0.1, 0.15) is 5.82 Å². The fraction of sp³-hybridized carbons (Fsp3) is 0.538. The molecule has 0 aromatic heterocycles. The minimum absolute atomic E-state index is 0.0387. The molecule has 0 heterocycles. The van der Waals surface area contributed by atoms with Crippen molar-refractivity contribution >= 4 is 10.8 Å². The molecule has 0 radical (unpaired) electrons. The number of fused-ring (bicyclic) bond motifs is 2. The van der Waals surface area contributed by atoms with Crippen LogP contribution in [0.25, 0.3) is 10.8 Å². The molecule has 0 amide bonds. The van der Waals surface area contributed by atoms with Gasteiger partial charge in [0.25, 0.3) is 0 Å². The summed E-state index contributed by atoms with van der Waals surface area (Å²) in [5.74, 6) is -0.266. The van der Waals surface area contributed by atoms with Gasteiger partial charge in [0.2, 0.25) is 0 Å². The van der Waals surface area contributed by atoms with Crippen molar-refractivity contribution in [2.75, 3.05) is 0 Å². The van der Waals surface area contributed by atoms with Crippen molar-refractivity contribution in [2.45, 2.75) is 70.6 Å². The van der Waals surface area contributed by atoms with E-state index in [1.54, 1.807) is 24.3 Å². The molecule has 0 nitrogen and oxygen atoms in total. The maximum absolute atomic E-state index is 15.1. The highest BCUT2D eigenvalue weighted by Crippen LogP contribution is 2.49. The SMILES string of the molecule is C=CCCc1ccc2cc(C3CCC4CC(CC)CCC4C3)c(F)c(F)c2c1F. The van der Waals surface area contributed by atoms with E-state index in [0.29, 0.717) is 35.3 Å². The van der Waals surface area contributed by atoms with Crippen LogP contribution in [0.2, 0.25) is 0 Å². The largest absolute Gasteiger partial charge is 0.206 e. The van der Waals surface area contributed by atoms with Gasteiger partial charge < -0.3 is 0 Å². The molecule has 0 spiro atoms. The average Bonchev–Trinajstić information content (AvgIpc) is 2.74. The lowest BCUT2D eigenvalue weighted by Crippen LogP contribution is -2.30. The summed E-state index contributed by atoms with van der Waals surface area (Å²) in [6, 6.07) is 5.14. The smallest absolute Gasteiger partial charge is 0.169 e. The third-order valence-corrected chi connectivity index (χ3v) is 7.59. The summed E-state index contributed by atoms with van der Waals surface area (Å²) in [5.41, 5.74) is 0.862. The molecule has 2 aliphatic carbocycles. The molecule has 2 aromatic rings. The van der Waals surface area contributed by atoms with E-state index in [1.807, 2.05) is 0 Å². The predicted octanol–water partition coefficient (Wildman–Crippen LogP) is 8.09. The number of hydrogen-bond donors (Lipinski definition) is 0. The van der Waals surface area contributed by atoms with E-state index in [2.05, 4.69) is 13.5 Å². The molecule has 0 N–H and O–H groups in total. The van der Waals surface area contributed by atoms with Crippen LogP contribution in [0.1, 0.15) is 75.3 Å². The Morgan fingerprint density at radius 3 is 2.48 bits per heavy atom. The van der Waals surface area contributed by atoms with Crippen LogP contribution in [0, 0.1) is 35.2 Å². The molecule has 2 saturated carbocycles. The molecule has 3 heteroatoms. The van der Waals surface area contributed by atoms with Gasteiger partial charge >= 0.3 is 0 Å². The second kappa shape index (κ2) is 8.53. The predicted molar refractivity (Wildman–Crippen MR) is 114 cm³/mol. The van der Waals surface area contributed by atoms with Gasteiger partial charge in [-0.3, -0.25) is 0 Å². The number of halogens is 3. The van der Waals surface area contributed by atoms with E-state index in [1.165, 1.54) is 25.7 Å². The first-order chi connectivity index (χ1) is 14.0. The van der Waals surface area contributed by atoms with Gasteiger partial charge in [0.15, 0.2) is 11.6 Å². The second-order valence-corrected chi connectivity index (χ2v) is 9.18. The molecule has 29 heavy (non-hydrogen) atoms. The molecule has 2 aromatic carbocycles. The van der Waals surface area contributed by atoms with Gasteiger partial charge in [0.05, 0.1) is 5.39 Å². The van der Waals surface area contributed by atoms with Crippen molar-refractivity contribution in [3.63, 3.8) is 0 Å². The highest BCUT2D eigenvalue weighted by atomic mass is 19.2. The van der Waals surface area contributed by atoms with E-state index >= 15 is 4.39 Å². The molecule has 0 saturated heterocycles. The average molecular weight is 401 g/mol. The number of rotatable bonds is 5. The highest BCUT2D eigenvalue weighted by molar-refractivity contribution is 5.85. The third kappa shape index (κ3) is 3.85. The normalized spacial score (nSPS) is 27.0. The van der Waals surface area contributed by atoms with Crippen LogP contribution in [-0.2, 0) is 6.42 Å². The second-order valence-electron chi connectivity index (χ2n) is 9.18. The first-order valence-electron chi connectivity index (χ1n) is 11.2. The lowest BCUT2D eigenvalue weighted by Gasteiger charge is -2.42. The molecule has 2 fully saturated rings. The third-order valence-electron chi connectivity index (χ3n) is 7.59. The van der Waals surface area contributed by atoms with Crippen LogP contribution in [0.4, 0.5) is 13.2 Å². The van der Waals surface area contributed by atoms with Gasteiger partial charge in [-0.25, -0.2) is 13.2 Å². The molecule has 0 bridgehead atoms. The fourth-order valence-corrected chi connectivity index (χ4v) is 5.83. The minimum Gasteiger partial charge on any atom is -0.206 e. The minimum atomic E-state index is -1.02. The summed E-state index contributed by atoms with van der Waals surface area (Å²) in [5, 5.41) is 0.264. The van der Waals surface area contributed by atoms with Crippen molar-refractivity contribution in [3.8, 4) is 0 Å². The van der Waals surface area contributed by atoms with Crippen LogP contribution in [0.15, 0.2) is 30.9 Å². The van der Waals surface area contributed by atoms with Crippen LogP contribution in [0.3, 0.4) is 0 Å². The Hall–Kier alpha value is -1.77. The van der Waals surface area contributed by atoms with E-state index < -0.39 is 17.5 Å². The van der Waals surface area contributed by atoms with Crippen molar-refractivity contribution in [1.29, 1.82) is 0 Å². The molecule has 4 rings (SSSR count). The fourth-order valence-electron chi connectivity index (χ4n) is 5.83. The summed E-state index contributed by atoms with van der Waals surface area (Å²) in [4.78, 5) is 0. The van der Waals surface area contributed by atoms with Crippen molar-refractivity contribution in [3.05, 3.63) is 59.4 Å².